The molecule has 0 fully saturated rings. The van der Waals surface area contributed by atoms with Gasteiger partial charge in [0.1, 0.15) is 6.04 Å². The number of esters is 1. The topological polar surface area (TPSA) is 92.8 Å². The molecule has 0 saturated heterocycles. The number of sulfonamides is 1. The lowest BCUT2D eigenvalue weighted by molar-refractivity contribution is -0.116. The van der Waals surface area contributed by atoms with E-state index in [4.69, 9.17) is 11.6 Å². The quantitative estimate of drug-likeness (QED) is 0.696. The van der Waals surface area contributed by atoms with E-state index in [1.165, 1.54) is 32.2 Å². The first-order chi connectivity index (χ1) is 13.5. The molecule has 2 rings (SSSR count). The summed E-state index contributed by atoms with van der Waals surface area (Å²) in [5.74, 6) is -1.21. The first kappa shape index (κ1) is 22.7. The number of rotatable bonds is 6. The number of aryl methyl sites for hydroxylation is 2. The zero-order chi connectivity index (χ0) is 21.9. The Hall–Kier alpha value is -2.58. The number of methoxy groups -OCH3 is 1. The summed E-state index contributed by atoms with van der Waals surface area (Å²) in [6, 6.07) is 8.69. The molecule has 0 aliphatic carbocycles. The van der Waals surface area contributed by atoms with Crippen molar-refractivity contribution < 1.29 is 22.7 Å². The highest BCUT2D eigenvalue weighted by atomic mass is 35.5. The van der Waals surface area contributed by atoms with E-state index < -0.39 is 27.9 Å². The van der Waals surface area contributed by atoms with Gasteiger partial charge in [0, 0.05) is 5.69 Å². The molecular formula is C20H23ClN2O5S. The summed E-state index contributed by atoms with van der Waals surface area (Å²) in [4.78, 5) is 24.6. The average molecular weight is 439 g/mol. The van der Waals surface area contributed by atoms with Gasteiger partial charge in [0.25, 0.3) is 0 Å². The molecule has 29 heavy (non-hydrogen) atoms. The summed E-state index contributed by atoms with van der Waals surface area (Å²) in [6.45, 7) is 5.12. The molecule has 0 radical (unpaired) electrons. The van der Waals surface area contributed by atoms with Crippen molar-refractivity contribution in [2.75, 3.05) is 23.0 Å². The van der Waals surface area contributed by atoms with Gasteiger partial charge < -0.3 is 10.1 Å². The van der Waals surface area contributed by atoms with Crippen LogP contribution in [-0.4, -0.2) is 39.7 Å². The summed E-state index contributed by atoms with van der Waals surface area (Å²) in [6.07, 6.45) is 1.05. The van der Waals surface area contributed by atoms with E-state index in [9.17, 15) is 18.0 Å². The maximum Gasteiger partial charge on any atom is 0.339 e. The van der Waals surface area contributed by atoms with Gasteiger partial charge in [-0.05, 0) is 56.2 Å². The van der Waals surface area contributed by atoms with Crippen LogP contribution in [0, 0.1) is 13.8 Å². The number of benzene rings is 2. The fourth-order valence-corrected chi connectivity index (χ4v) is 4.27. The van der Waals surface area contributed by atoms with Crippen LogP contribution >= 0.6 is 11.6 Å². The standard InChI is InChI=1S/C20H23ClN2O5S/c1-12-6-7-13(2)18(10-12)23(29(5,26)27)14(3)19(24)22-15-8-9-17(21)16(11-15)20(25)28-4/h6-11,14H,1-5H3,(H,22,24)/t14-/m0/s1. The lowest BCUT2D eigenvalue weighted by Crippen LogP contribution is -2.45. The highest BCUT2D eigenvalue weighted by molar-refractivity contribution is 7.92. The van der Waals surface area contributed by atoms with Crippen molar-refractivity contribution >= 4 is 44.9 Å². The van der Waals surface area contributed by atoms with Crippen molar-refractivity contribution in [3.63, 3.8) is 0 Å². The fourth-order valence-electron chi connectivity index (χ4n) is 2.85. The van der Waals surface area contributed by atoms with Crippen molar-refractivity contribution in [2.24, 2.45) is 0 Å². The number of carbonyl (C=O) groups is 2. The van der Waals surface area contributed by atoms with Crippen LogP contribution in [0.2, 0.25) is 5.02 Å². The van der Waals surface area contributed by atoms with E-state index in [-0.39, 0.29) is 10.6 Å². The van der Waals surface area contributed by atoms with E-state index >= 15 is 0 Å². The van der Waals surface area contributed by atoms with Crippen molar-refractivity contribution in [1.82, 2.24) is 0 Å². The Bertz CT molecular complexity index is 1050. The third kappa shape index (κ3) is 5.27. The van der Waals surface area contributed by atoms with E-state index in [1.54, 1.807) is 19.1 Å². The van der Waals surface area contributed by atoms with Gasteiger partial charge in [0.15, 0.2) is 0 Å². The summed E-state index contributed by atoms with van der Waals surface area (Å²) in [5, 5.41) is 2.81. The van der Waals surface area contributed by atoms with Crippen LogP contribution in [0.25, 0.3) is 0 Å². The predicted octanol–water partition coefficient (Wildman–Crippen LogP) is 3.54. The van der Waals surface area contributed by atoms with Gasteiger partial charge in [0.05, 0.1) is 29.6 Å². The lowest BCUT2D eigenvalue weighted by Gasteiger charge is -2.29. The Balaban J connectivity index is 2.38. The highest BCUT2D eigenvalue weighted by Gasteiger charge is 2.30. The molecule has 0 aromatic heterocycles. The molecule has 1 N–H and O–H groups in total. The second-order valence-corrected chi connectivity index (χ2v) is 8.97. The van der Waals surface area contributed by atoms with Crippen LogP contribution in [-0.2, 0) is 19.6 Å². The normalized spacial score (nSPS) is 12.2. The summed E-state index contributed by atoms with van der Waals surface area (Å²) >= 11 is 5.99. The van der Waals surface area contributed by atoms with Gasteiger partial charge >= 0.3 is 5.97 Å². The van der Waals surface area contributed by atoms with E-state index in [0.717, 1.165) is 21.7 Å². The zero-order valence-corrected chi connectivity index (χ0v) is 18.4. The third-order valence-corrected chi connectivity index (χ3v) is 5.89. The Labute approximate surface area is 175 Å². The maximum atomic E-state index is 12.8. The molecule has 0 saturated carbocycles. The molecule has 9 heteroatoms. The Kier molecular flexibility index (Phi) is 6.92. The fraction of sp³-hybridized carbons (Fsp3) is 0.300. The second-order valence-electron chi connectivity index (χ2n) is 6.70. The molecule has 0 heterocycles. The molecule has 1 amide bonds. The van der Waals surface area contributed by atoms with Gasteiger partial charge in [-0.15, -0.1) is 0 Å². The number of carbonyl (C=O) groups excluding carboxylic acids is 2. The zero-order valence-electron chi connectivity index (χ0n) is 16.8. The van der Waals surface area contributed by atoms with Gasteiger partial charge in [0.2, 0.25) is 15.9 Å². The Morgan fingerprint density at radius 3 is 2.38 bits per heavy atom. The lowest BCUT2D eigenvalue weighted by atomic mass is 10.1. The van der Waals surface area contributed by atoms with E-state index in [0.29, 0.717) is 11.4 Å². The van der Waals surface area contributed by atoms with Crippen LogP contribution in [0.1, 0.15) is 28.4 Å². The molecule has 2 aromatic rings. The van der Waals surface area contributed by atoms with Crippen LogP contribution in [0.3, 0.4) is 0 Å². The number of ether oxygens (including phenoxy) is 1. The average Bonchev–Trinajstić information content (AvgIpc) is 2.64. The predicted molar refractivity (Wildman–Crippen MR) is 114 cm³/mol. The van der Waals surface area contributed by atoms with Crippen molar-refractivity contribution in [3.05, 3.63) is 58.1 Å². The first-order valence-corrected chi connectivity index (χ1v) is 10.9. The number of nitrogens with zero attached hydrogens (tertiary/aromatic N) is 1. The van der Waals surface area contributed by atoms with Crippen LogP contribution in [0.15, 0.2) is 36.4 Å². The molecule has 0 aliphatic heterocycles. The van der Waals surface area contributed by atoms with Crippen LogP contribution in [0.4, 0.5) is 11.4 Å². The molecular weight excluding hydrogens is 416 g/mol. The Morgan fingerprint density at radius 1 is 1.14 bits per heavy atom. The molecule has 0 spiro atoms. The summed E-state index contributed by atoms with van der Waals surface area (Å²) < 4.78 is 30.7. The number of hydrogen-bond acceptors (Lipinski definition) is 5. The number of hydrogen-bond donors (Lipinski definition) is 1. The highest BCUT2D eigenvalue weighted by Crippen LogP contribution is 2.27. The minimum absolute atomic E-state index is 0.0918. The summed E-state index contributed by atoms with van der Waals surface area (Å²) in [7, 11) is -2.53. The van der Waals surface area contributed by atoms with E-state index in [1.807, 2.05) is 13.0 Å². The van der Waals surface area contributed by atoms with Crippen LogP contribution < -0.4 is 9.62 Å². The van der Waals surface area contributed by atoms with Gasteiger partial charge in [-0.2, -0.15) is 0 Å². The molecule has 2 aromatic carbocycles. The van der Waals surface area contributed by atoms with Gasteiger partial charge in [-0.3, -0.25) is 9.10 Å². The number of halogens is 1. The van der Waals surface area contributed by atoms with Gasteiger partial charge in [-0.25, -0.2) is 13.2 Å². The van der Waals surface area contributed by atoms with Crippen molar-refractivity contribution in [1.29, 1.82) is 0 Å². The molecule has 1 atom stereocenters. The van der Waals surface area contributed by atoms with Crippen molar-refractivity contribution in [2.45, 2.75) is 26.8 Å². The third-order valence-electron chi connectivity index (χ3n) is 4.33. The monoisotopic (exact) mass is 438 g/mol. The summed E-state index contributed by atoms with van der Waals surface area (Å²) in [5.41, 5.74) is 2.41. The second kappa shape index (κ2) is 8.84. The minimum Gasteiger partial charge on any atom is -0.465 e. The number of nitrogens with one attached hydrogen (secondary N) is 1. The molecule has 0 unspecified atom stereocenters. The molecule has 156 valence electrons. The maximum absolute atomic E-state index is 12.8. The SMILES string of the molecule is COC(=O)c1cc(NC(=O)[C@H](C)N(c2cc(C)ccc2C)S(C)(=O)=O)ccc1Cl. The first-order valence-electron chi connectivity index (χ1n) is 8.71. The van der Waals surface area contributed by atoms with Crippen molar-refractivity contribution in [3.8, 4) is 0 Å². The number of anilines is 2. The van der Waals surface area contributed by atoms with Crippen LogP contribution in [0.5, 0.6) is 0 Å². The smallest absolute Gasteiger partial charge is 0.339 e. The van der Waals surface area contributed by atoms with Gasteiger partial charge in [-0.1, -0.05) is 23.7 Å². The molecule has 0 aliphatic rings. The van der Waals surface area contributed by atoms with E-state index in [2.05, 4.69) is 10.1 Å². The molecule has 0 bridgehead atoms. The molecule has 7 nitrogen and oxygen atoms in total. The number of amides is 1. The Morgan fingerprint density at radius 2 is 1.79 bits per heavy atom. The minimum atomic E-state index is -3.75. The largest absolute Gasteiger partial charge is 0.465 e.